The molecule has 0 radical (unpaired) electrons. The van der Waals surface area contributed by atoms with E-state index in [1.807, 2.05) is 35.2 Å². The Morgan fingerprint density at radius 3 is 2.76 bits per heavy atom. The highest BCUT2D eigenvalue weighted by Crippen LogP contribution is 2.41. The van der Waals surface area contributed by atoms with Crippen molar-refractivity contribution >= 4 is 45.4 Å². The summed E-state index contributed by atoms with van der Waals surface area (Å²) in [7, 11) is 0. The van der Waals surface area contributed by atoms with E-state index in [1.165, 1.54) is 5.56 Å². The van der Waals surface area contributed by atoms with Crippen LogP contribution >= 0.6 is 27.9 Å². The van der Waals surface area contributed by atoms with E-state index >= 15 is 0 Å². The molecule has 1 atom stereocenters. The number of carbonyl (C=O) groups is 2. The van der Waals surface area contributed by atoms with E-state index in [9.17, 15) is 9.59 Å². The molecule has 1 amide bonds. The summed E-state index contributed by atoms with van der Waals surface area (Å²) in [6.07, 6.45) is 2.62. The van der Waals surface area contributed by atoms with E-state index in [0.29, 0.717) is 6.61 Å². The Labute approximate surface area is 183 Å². The Kier molecular flexibility index (Phi) is 6.27. The van der Waals surface area contributed by atoms with Crippen LogP contribution in [-0.4, -0.2) is 35.3 Å². The zero-order valence-corrected chi connectivity index (χ0v) is 18.7. The van der Waals surface area contributed by atoms with Gasteiger partial charge >= 0.3 is 5.97 Å². The molecule has 0 bridgehead atoms. The van der Waals surface area contributed by atoms with Crippen LogP contribution in [0.4, 0.5) is 5.69 Å². The predicted octanol–water partition coefficient (Wildman–Crippen LogP) is 4.57. The zero-order chi connectivity index (χ0) is 20.4. The van der Waals surface area contributed by atoms with Crippen molar-refractivity contribution in [2.75, 3.05) is 18.0 Å². The molecule has 0 aliphatic carbocycles. The van der Waals surface area contributed by atoms with E-state index in [-0.39, 0.29) is 17.9 Å². The van der Waals surface area contributed by atoms with Crippen molar-refractivity contribution in [3.05, 3.63) is 58.1 Å². The summed E-state index contributed by atoms with van der Waals surface area (Å²) in [5, 5.41) is 0. The number of rotatable bonds is 5. The van der Waals surface area contributed by atoms with Crippen LogP contribution in [0.5, 0.6) is 0 Å². The van der Waals surface area contributed by atoms with Gasteiger partial charge < -0.3 is 9.64 Å². The molecule has 0 saturated carbocycles. The first-order chi connectivity index (χ1) is 14.0. The second-order valence-electron chi connectivity index (χ2n) is 7.32. The molecule has 152 valence electrons. The highest BCUT2D eigenvalue weighted by atomic mass is 79.9. The van der Waals surface area contributed by atoms with Gasteiger partial charge in [-0.05, 0) is 70.4 Å². The van der Waals surface area contributed by atoms with Gasteiger partial charge in [-0.25, -0.2) is 4.31 Å². The molecule has 7 heteroatoms. The number of halogens is 1. The number of ether oxygens (including phenoxy) is 1. The van der Waals surface area contributed by atoms with Crippen LogP contribution in [0.1, 0.15) is 30.9 Å². The molecule has 0 unspecified atom stereocenters. The fraction of sp³-hybridized carbons (Fsp3) is 0.364. The highest BCUT2D eigenvalue weighted by molar-refractivity contribution is 9.10. The molecule has 5 nitrogen and oxygen atoms in total. The first-order valence-corrected chi connectivity index (χ1v) is 11.4. The van der Waals surface area contributed by atoms with Crippen LogP contribution in [0.25, 0.3) is 0 Å². The summed E-state index contributed by atoms with van der Waals surface area (Å²) in [5.41, 5.74) is 3.14. The van der Waals surface area contributed by atoms with Crippen LogP contribution in [0, 0.1) is 0 Å². The monoisotopic (exact) mass is 474 g/mol. The lowest BCUT2D eigenvalue weighted by Gasteiger charge is -2.23. The van der Waals surface area contributed by atoms with Crippen LogP contribution in [0.2, 0.25) is 0 Å². The molecule has 2 aliphatic heterocycles. The Bertz CT molecular complexity index is 922. The number of carbonyl (C=O) groups excluding carboxylic acids is 2. The molecule has 2 aromatic carbocycles. The maximum absolute atomic E-state index is 12.7. The lowest BCUT2D eigenvalue weighted by molar-refractivity contribution is -0.148. The number of anilines is 1. The fourth-order valence-corrected chi connectivity index (χ4v) is 5.53. The molecule has 4 rings (SSSR count). The first-order valence-electron chi connectivity index (χ1n) is 9.78. The largest absolute Gasteiger partial charge is 0.460 e. The third kappa shape index (κ3) is 4.52. The number of fused-ring (bicyclic) bond motifs is 1. The van der Waals surface area contributed by atoms with Crippen LogP contribution in [0.3, 0.4) is 0 Å². The van der Waals surface area contributed by atoms with E-state index in [0.717, 1.165) is 53.0 Å². The molecule has 1 fully saturated rings. The van der Waals surface area contributed by atoms with Gasteiger partial charge in [0.15, 0.2) is 0 Å². The average molecular weight is 475 g/mol. The van der Waals surface area contributed by atoms with E-state index in [4.69, 9.17) is 4.74 Å². The minimum absolute atomic E-state index is 0.0607. The van der Waals surface area contributed by atoms with Gasteiger partial charge in [-0.1, -0.05) is 30.3 Å². The number of hydrogen-bond acceptors (Lipinski definition) is 5. The fourth-order valence-electron chi connectivity index (χ4n) is 3.82. The maximum Gasteiger partial charge on any atom is 0.324 e. The van der Waals surface area contributed by atoms with Gasteiger partial charge in [-0.3, -0.25) is 9.59 Å². The summed E-state index contributed by atoms with van der Waals surface area (Å²) >= 11 is 5.23. The Morgan fingerprint density at radius 2 is 2.00 bits per heavy atom. The van der Waals surface area contributed by atoms with Gasteiger partial charge in [0.2, 0.25) is 5.91 Å². The highest BCUT2D eigenvalue weighted by Gasteiger charge is 2.34. The molecule has 0 aromatic heterocycles. The van der Waals surface area contributed by atoms with Gasteiger partial charge in [0.1, 0.15) is 12.6 Å². The second kappa shape index (κ2) is 8.90. The van der Waals surface area contributed by atoms with Gasteiger partial charge in [0.25, 0.3) is 0 Å². The van der Waals surface area contributed by atoms with Crippen molar-refractivity contribution in [2.45, 2.75) is 43.7 Å². The van der Waals surface area contributed by atoms with Crippen molar-refractivity contribution in [2.24, 2.45) is 0 Å². The molecule has 1 saturated heterocycles. The Hall–Kier alpha value is -1.83. The zero-order valence-electron chi connectivity index (χ0n) is 16.3. The van der Waals surface area contributed by atoms with Crippen molar-refractivity contribution in [1.82, 2.24) is 4.31 Å². The van der Waals surface area contributed by atoms with Crippen molar-refractivity contribution in [1.29, 1.82) is 0 Å². The van der Waals surface area contributed by atoms with Crippen LogP contribution in [-0.2, 0) is 27.4 Å². The predicted molar refractivity (Wildman–Crippen MR) is 118 cm³/mol. The quantitative estimate of drug-likeness (QED) is 0.469. The summed E-state index contributed by atoms with van der Waals surface area (Å²) < 4.78 is 8.67. The van der Waals surface area contributed by atoms with Gasteiger partial charge in [-0.15, -0.1) is 0 Å². The smallest absolute Gasteiger partial charge is 0.324 e. The molecule has 0 spiro atoms. The minimum Gasteiger partial charge on any atom is -0.460 e. The van der Waals surface area contributed by atoms with E-state index < -0.39 is 0 Å². The lowest BCUT2D eigenvalue weighted by Crippen LogP contribution is -2.32. The van der Waals surface area contributed by atoms with E-state index in [2.05, 4.69) is 32.4 Å². The summed E-state index contributed by atoms with van der Waals surface area (Å²) in [6, 6.07) is 13.6. The number of amides is 1. The topological polar surface area (TPSA) is 49.9 Å². The normalized spacial score (nSPS) is 18.7. The molecular weight excluding hydrogens is 452 g/mol. The molecule has 2 aliphatic rings. The van der Waals surface area contributed by atoms with Crippen LogP contribution < -0.4 is 4.90 Å². The number of benzene rings is 2. The Balaban J connectivity index is 1.45. The van der Waals surface area contributed by atoms with Crippen molar-refractivity contribution in [3.63, 3.8) is 0 Å². The lowest BCUT2D eigenvalue weighted by atomic mass is 10.2. The maximum atomic E-state index is 12.7. The molecule has 29 heavy (non-hydrogen) atoms. The standard InChI is InChI=1S/C22H23BrN2O3S/c1-15(26)24-11-9-17-12-18(23)21(13-20(17)24)29-25-10-5-8-19(25)22(27)28-14-16-6-3-2-4-7-16/h2-4,6-7,12-13,19H,5,8-11,14H2,1H3/t19-/m0/s1. The van der Waals surface area contributed by atoms with Crippen molar-refractivity contribution < 1.29 is 14.3 Å². The first kappa shape index (κ1) is 20.4. The number of hydrogen-bond donors (Lipinski definition) is 0. The Morgan fingerprint density at radius 1 is 1.21 bits per heavy atom. The second-order valence-corrected chi connectivity index (χ2v) is 9.26. The van der Waals surface area contributed by atoms with Gasteiger partial charge in [-0.2, -0.15) is 0 Å². The third-order valence-electron chi connectivity index (χ3n) is 5.32. The van der Waals surface area contributed by atoms with Gasteiger partial charge in [0.05, 0.1) is 0 Å². The summed E-state index contributed by atoms with van der Waals surface area (Å²) in [5.74, 6) is -0.118. The number of nitrogens with zero attached hydrogens (tertiary/aromatic N) is 2. The third-order valence-corrected chi connectivity index (χ3v) is 7.45. The van der Waals surface area contributed by atoms with Crippen LogP contribution in [0.15, 0.2) is 51.8 Å². The van der Waals surface area contributed by atoms with E-state index in [1.54, 1.807) is 18.9 Å². The van der Waals surface area contributed by atoms with Gasteiger partial charge in [0, 0.05) is 35.1 Å². The molecule has 0 N–H and O–H groups in total. The molecular formula is C22H23BrN2O3S. The number of esters is 1. The summed E-state index contributed by atoms with van der Waals surface area (Å²) in [4.78, 5) is 27.4. The SMILES string of the molecule is CC(=O)N1CCc2cc(Br)c(SN3CCC[C@H]3C(=O)OCc3ccccc3)cc21. The molecule has 2 aromatic rings. The molecule has 2 heterocycles. The summed E-state index contributed by atoms with van der Waals surface area (Å²) in [6.45, 7) is 3.45. The minimum atomic E-state index is -0.257. The average Bonchev–Trinajstić information content (AvgIpc) is 3.34. The van der Waals surface area contributed by atoms with Crippen molar-refractivity contribution in [3.8, 4) is 0 Å².